The van der Waals surface area contributed by atoms with Crippen molar-refractivity contribution in [1.29, 1.82) is 0 Å². The van der Waals surface area contributed by atoms with E-state index in [1.807, 2.05) is 42.5 Å². The van der Waals surface area contributed by atoms with E-state index in [1.165, 1.54) is 11.1 Å². The topological polar surface area (TPSA) is 41.9 Å². The van der Waals surface area contributed by atoms with E-state index in [0.29, 0.717) is 13.1 Å². The summed E-state index contributed by atoms with van der Waals surface area (Å²) in [5, 5.41) is 10.8. The maximum absolute atomic E-state index is 10.8. The molecule has 0 amide bonds. The fourth-order valence-corrected chi connectivity index (χ4v) is 3.46. The molecule has 0 aromatic heterocycles. The lowest BCUT2D eigenvalue weighted by Crippen LogP contribution is -2.28. The molecule has 0 saturated carbocycles. The van der Waals surface area contributed by atoms with Crippen LogP contribution in [0.25, 0.3) is 0 Å². The van der Waals surface area contributed by atoms with Gasteiger partial charge in [-0.05, 0) is 35.7 Å². The molecule has 3 aromatic carbocycles. The molecule has 144 valence electrons. The van der Waals surface area contributed by atoms with Crippen LogP contribution < -0.4 is 9.47 Å². The normalized spacial score (nSPS) is 13.7. The van der Waals surface area contributed by atoms with Gasteiger partial charge in [-0.25, -0.2) is 0 Å². The number of aliphatic hydroxyl groups excluding tert-OH is 1. The minimum Gasteiger partial charge on any atom is -0.454 e. The van der Waals surface area contributed by atoms with E-state index in [9.17, 15) is 5.11 Å². The Morgan fingerprint density at radius 3 is 2.32 bits per heavy atom. The van der Waals surface area contributed by atoms with E-state index < -0.39 is 6.10 Å². The first-order valence-electron chi connectivity index (χ1n) is 9.57. The van der Waals surface area contributed by atoms with Gasteiger partial charge in [0.15, 0.2) is 11.5 Å². The highest BCUT2D eigenvalue weighted by atomic mass is 16.7. The molecule has 0 saturated heterocycles. The molecule has 28 heavy (non-hydrogen) atoms. The molecule has 3 aromatic rings. The van der Waals surface area contributed by atoms with Gasteiger partial charge >= 0.3 is 0 Å². The average Bonchev–Trinajstić information content (AvgIpc) is 3.18. The Balaban J connectivity index is 1.52. The fraction of sp³-hybridized carbons (Fsp3) is 0.250. The Kier molecular flexibility index (Phi) is 5.60. The molecule has 1 heterocycles. The van der Waals surface area contributed by atoms with Crippen molar-refractivity contribution in [2.24, 2.45) is 0 Å². The van der Waals surface area contributed by atoms with Crippen LogP contribution in [0.5, 0.6) is 11.5 Å². The first-order chi connectivity index (χ1) is 13.7. The molecule has 1 atom stereocenters. The van der Waals surface area contributed by atoms with E-state index in [1.54, 1.807) is 0 Å². The first-order valence-corrected chi connectivity index (χ1v) is 9.57. The summed E-state index contributed by atoms with van der Waals surface area (Å²) in [4.78, 5) is 2.26. The molecule has 0 fully saturated rings. The third kappa shape index (κ3) is 4.53. The van der Waals surface area contributed by atoms with Gasteiger partial charge in [0.2, 0.25) is 6.79 Å². The van der Waals surface area contributed by atoms with Crippen LogP contribution in [0.1, 0.15) is 28.4 Å². The molecule has 1 unspecified atom stereocenters. The van der Waals surface area contributed by atoms with Crippen LogP contribution in [0, 0.1) is 6.92 Å². The number of rotatable bonds is 7. The van der Waals surface area contributed by atoms with E-state index >= 15 is 0 Å². The van der Waals surface area contributed by atoms with Crippen LogP contribution in [0.15, 0.2) is 72.8 Å². The van der Waals surface area contributed by atoms with Gasteiger partial charge in [0.1, 0.15) is 0 Å². The minimum atomic E-state index is -0.541. The number of nitrogens with zero attached hydrogens (tertiary/aromatic N) is 1. The number of fused-ring (bicyclic) bond motifs is 1. The molecule has 0 radical (unpaired) electrons. The van der Waals surface area contributed by atoms with Gasteiger partial charge in [-0.1, -0.05) is 66.2 Å². The van der Waals surface area contributed by atoms with Crippen LogP contribution in [0.4, 0.5) is 0 Å². The third-order valence-corrected chi connectivity index (χ3v) is 4.99. The van der Waals surface area contributed by atoms with Crippen molar-refractivity contribution in [3.05, 3.63) is 95.1 Å². The summed E-state index contributed by atoms with van der Waals surface area (Å²) in [5.74, 6) is 1.58. The molecule has 0 aliphatic carbocycles. The predicted octanol–water partition coefficient (Wildman–Crippen LogP) is 4.46. The van der Waals surface area contributed by atoms with Crippen molar-refractivity contribution in [3.8, 4) is 11.5 Å². The summed E-state index contributed by atoms with van der Waals surface area (Å²) in [5.41, 5.74) is 4.54. The number of aliphatic hydroxyl groups is 1. The van der Waals surface area contributed by atoms with Crippen molar-refractivity contribution in [3.63, 3.8) is 0 Å². The molecule has 4 nitrogen and oxygen atoms in total. The van der Waals surface area contributed by atoms with Crippen LogP contribution in [-0.4, -0.2) is 23.3 Å². The second-order valence-corrected chi connectivity index (χ2v) is 7.27. The van der Waals surface area contributed by atoms with Gasteiger partial charge in [0.05, 0.1) is 6.10 Å². The average molecular weight is 375 g/mol. The zero-order valence-electron chi connectivity index (χ0n) is 16.0. The lowest BCUT2D eigenvalue weighted by atomic mass is 10.1. The Morgan fingerprint density at radius 2 is 1.54 bits per heavy atom. The standard InChI is InChI=1S/C24H25NO3/c1-18-7-9-19(10-8-18)14-25(16-22(26)21-5-3-2-4-6-21)15-20-11-12-23-24(13-20)28-17-27-23/h2-13,22,26H,14-17H2,1H3. The summed E-state index contributed by atoms with van der Waals surface area (Å²) < 4.78 is 10.9. The predicted molar refractivity (Wildman–Crippen MR) is 109 cm³/mol. The molecule has 0 spiro atoms. The Bertz CT molecular complexity index is 909. The van der Waals surface area contributed by atoms with Gasteiger partial charge in [0.25, 0.3) is 0 Å². The molecule has 1 aliphatic rings. The zero-order valence-corrected chi connectivity index (χ0v) is 16.0. The van der Waals surface area contributed by atoms with E-state index in [0.717, 1.165) is 29.2 Å². The van der Waals surface area contributed by atoms with Gasteiger partial charge in [-0.2, -0.15) is 0 Å². The summed E-state index contributed by atoms with van der Waals surface area (Å²) in [6.45, 7) is 4.39. The summed E-state index contributed by atoms with van der Waals surface area (Å²) in [6.07, 6.45) is -0.541. The summed E-state index contributed by atoms with van der Waals surface area (Å²) in [6, 6.07) is 24.4. The number of ether oxygens (including phenoxy) is 2. The van der Waals surface area contributed by atoms with Gasteiger partial charge in [-0.3, -0.25) is 4.90 Å². The highest BCUT2D eigenvalue weighted by Gasteiger charge is 2.17. The zero-order chi connectivity index (χ0) is 19.3. The van der Waals surface area contributed by atoms with Gasteiger partial charge in [-0.15, -0.1) is 0 Å². The highest BCUT2D eigenvalue weighted by Crippen LogP contribution is 2.33. The lowest BCUT2D eigenvalue weighted by molar-refractivity contribution is 0.105. The lowest BCUT2D eigenvalue weighted by Gasteiger charge is -2.26. The largest absolute Gasteiger partial charge is 0.454 e. The van der Waals surface area contributed by atoms with Crippen LogP contribution in [0.3, 0.4) is 0 Å². The molecule has 4 heteroatoms. The Labute approximate surface area is 166 Å². The monoisotopic (exact) mass is 375 g/mol. The maximum Gasteiger partial charge on any atom is 0.231 e. The smallest absolute Gasteiger partial charge is 0.231 e. The molecule has 1 N–H and O–H groups in total. The first kappa shape index (κ1) is 18.5. The SMILES string of the molecule is Cc1ccc(CN(Cc2ccc3c(c2)OCO3)CC(O)c2ccccc2)cc1. The van der Waals surface area contributed by atoms with Crippen LogP contribution >= 0.6 is 0 Å². The fourth-order valence-electron chi connectivity index (χ4n) is 3.46. The number of benzene rings is 3. The second kappa shape index (κ2) is 8.46. The van der Waals surface area contributed by atoms with Crippen molar-refractivity contribution < 1.29 is 14.6 Å². The van der Waals surface area contributed by atoms with Gasteiger partial charge < -0.3 is 14.6 Å². The molecule has 0 bridgehead atoms. The van der Waals surface area contributed by atoms with E-state index in [-0.39, 0.29) is 6.79 Å². The quantitative estimate of drug-likeness (QED) is 0.662. The van der Waals surface area contributed by atoms with Gasteiger partial charge in [0, 0.05) is 19.6 Å². The molecular weight excluding hydrogens is 350 g/mol. The van der Waals surface area contributed by atoms with Crippen LogP contribution in [0.2, 0.25) is 0 Å². The highest BCUT2D eigenvalue weighted by molar-refractivity contribution is 5.44. The minimum absolute atomic E-state index is 0.276. The summed E-state index contributed by atoms with van der Waals surface area (Å²) >= 11 is 0. The van der Waals surface area contributed by atoms with Crippen molar-refractivity contribution in [2.45, 2.75) is 26.1 Å². The van der Waals surface area contributed by atoms with Crippen molar-refractivity contribution in [2.75, 3.05) is 13.3 Å². The third-order valence-electron chi connectivity index (χ3n) is 4.99. The second-order valence-electron chi connectivity index (χ2n) is 7.27. The van der Waals surface area contributed by atoms with Crippen molar-refractivity contribution in [1.82, 2.24) is 4.90 Å². The molecular formula is C24H25NO3. The van der Waals surface area contributed by atoms with E-state index in [2.05, 4.69) is 42.2 Å². The number of hydrogen-bond acceptors (Lipinski definition) is 4. The molecule has 4 rings (SSSR count). The maximum atomic E-state index is 10.8. The van der Waals surface area contributed by atoms with E-state index in [4.69, 9.17) is 9.47 Å². The number of aryl methyl sites for hydroxylation is 1. The Hall–Kier alpha value is -2.82. The molecule has 1 aliphatic heterocycles. The summed E-state index contributed by atoms with van der Waals surface area (Å²) in [7, 11) is 0. The Morgan fingerprint density at radius 1 is 0.857 bits per heavy atom. The number of hydrogen-bond donors (Lipinski definition) is 1. The van der Waals surface area contributed by atoms with Crippen molar-refractivity contribution >= 4 is 0 Å². The van der Waals surface area contributed by atoms with Crippen LogP contribution in [-0.2, 0) is 13.1 Å².